The SMILES string of the molecule is Cc1ccccc1CC(=O)N1CCOC[C@@H](CCNS(C)(=O)=O)[C@@H]1C. The highest BCUT2D eigenvalue weighted by Crippen LogP contribution is 2.20. The van der Waals surface area contributed by atoms with E-state index in [2.05, 4.69) is 4.72 Å². The molecule has 1 saturated heterocycles. The zero-order valence-corrected chi connectivity index (χ0v) is 16.0. The largest absolute Gasteiger partial charge is 0.379 e. The molecule has 25 heavy (non-hydrogen) atoms. The summed E-state index contributed by atoms with van der Waals surface area (Å²) in [6.45, 7) is 6.02. The Morgan fingerprint density at radius 1 is 1.36 bits per heavy atom. The number of aryl methyl sites for hydroxylation is 1. The Kier molecular flexibility index (Phi) is 6.98. The number of hydrogen-bond donors (Lipinski definition) is 1. The van der Waals surface area contributed by atoms with Crippen LogP contribution in [-0.4, -0.2) is 57.8 Å². The van der Waals surface area contributed by atoms with Crippen molar-refractivity contribution in [2.24, 2.45) is 5.92 Å². The molecule has 7 heteroatoms. The second kappa shape index (κ2) is 8.78. The number of hydrogen-bond acceptors (Lipinski definition) is 4. The van der Waals surface area contributed by atoms with Gasteiger partial charge in [-0.05, 0) is 31.4 Å². The number of amides is 1. The molecule has 1 aliphatic rings. The van der Waals surface area contributed by atoms with E-state index in [0.29, 0.717) is 39.1 Å². The van der Waals surface area contributed by atoms with Crippen LogP contribution in [0.3, 0.4) is 0 Å². The second-order valence-electron chi connectivity index (χ2n) is 6.72. The van der Waals surface area contributed by atoms with Crippen molar-refractivity contribution in [1.82, 2.24) is 9.62 Å². The molecule has 1 aromatic rings. The number of benzene rings is 1. The average molecular weight is 368 g/mol. The molecule has 140 valence electrons. The van der Waals surface area contributed by atoms with E-state index in [1.807, 2.05) is 43.0 Å². The van der Waals surface area contributed by atoms with Crippen LogP contribution in [0.5, 0.6) is 0 Å². The number of ether oxygens (including phenoxy) is 1. The summed E-state index contributed by atoms with van der Waals surface area (Å²) in [6.07, 6.45) is 2.17. The minimum absolute atomic E-state index is 0.0142. The van der Waals surface area contributed by atoms with Gasteiger partial charge in [-0.3, -0.25) is 4.79 Å². The summed E-state index contributed by atoms with van der Waals surface area (Å²) in [5.41, 5.74) is 2.16. The quantitative estimate of drug-likeness (QED) is 0.822. The van der Waals surface area contributed by atoms with E-state index < -0.39 is 10.0 Å². The molecule has 2 atom stereocenters. The first-order chi connectivity index (χ1) is 11.8. The number of nitrogens with zero attached hydrogens (tertiary/aromatic N) is 1. The molecule has 1 fully saturated rings. The molecule has 1 aliphatic heterocycles. The van der Waals surface area contributed by atoms with Gasteiger partial charge in [0.05, 0.1) is 25.9 Å². The lowest BCUT2D eigenvalue weighted by molar-refractivity contribution is -0.133. The molecule has 6 nitrogen and oxygen atoms in total. The molecular formula is C18H28N2O4S. The van der Waals surface area contributed by atoms with Crippen molar-refractivity contribution in [2.45, 2.75) is 32.7 Å². The van der Waals surface area contributed by atoms with Gasteiger partial charge in [0.25, 0.3) is 0 Å². The predicted molar refractivity (Wildman–Crippen MR) is 97.8 cm³/mol. The smallest absolute Gasteiger partial charge is 0.227 e. The standard InChI is InChI=1S/C18H28N2O4S/c1-14-6-4-5-7-16(14)12-18(21)20-10-11-24-13-17(15(20)2)8-9-19-25(3,22)23/h4-7,15,17,19H,8-13H2,1-3H3/t15-,17+/m0/s1. The summed E-state index contributed by atoms with van der Waals surface area (Å²) in [6, 6.07) is 7.93. The first kappa shape index (κ1) is 19.9. The van der Waals surface area contributed by atoms with Crippen LogP contribution < -0.4 is 4.72 Å². The fourth-order valence-corrected chi connectivity index (χ4v) is 3.66. The normalized spacial score (nSPS) is 21.8. The third-order valence-electron chi connectivity index (χ3n) is 4.78. The summed E-state index contributed by atoms with van der Waals surface area (Å²) >= 11 is 0. The van der Waals surface area contributed by atoms with Crippen molar-refractivity contribution in [3.8, 4) is 0 Å². The number of rotatable bonds is 6. The summed E-state index contributed by atoms with van der Waals surface area (Å²) in [4.78, 5) is 14.7. The summed E-state index contributed by atoms with van der Waals surface area (Å²) in [5, 5.41) is 0. The molecule has 0 spiro atoms. The minimum atomic E-state index is -3.20. The van der Waals surface area contributed by atoms with E-state index in [0.717, 1.165) is 17.4 Å². The Labute approximate surface area is 150 Å². The van der Waals surface area contributed by atoms with Crippen LogP contribution in [-0.2, 0) is 26.0 Å². The fourth-order valence-electron chi connectivity index (χ4n) is 3.17. The first-order valence-electron chi connectivity index (χ1n) is 8.64. The highest BCUT2D eigenvalue weighted by Gasteiger charge is 2.30. The van der Waals surface area contributed by atoms with Gasteiger partial charge < -0.3 is 9.64 Å². The molecule has 2 rings (SSSR count). The van der Waals surface area contributed by atoms with Crippen LogP contribution in [0.1, 0.15) is 24.5 Å². The number of carbonyl (C=O) groups excluding carboxylic acids is 1. The van der Waals surface area contributed by atoms with Crippen molar-refractivity contribution < 1.29 is 17.9 Å². The molecule has 0 aromatic heterocycles. The van der Waals surface area contributed by atoms with Gasteiger partial charge >= 0.3 is 0 Å². The van der Waals surface area contributed by atoms with Crippen LogP contribution in [0.4, 0.5) is 0 Å². The number of nitrogens with one attached hydrogen (secondary N) is 1. The van der Waals surface area contributed by atoms with Crippen LogP contribution in [0, 0.1) is 12.8 Å². The third kappa shape index (κ3) is 6.09. The van der Waals surface area contributed by atoms with Crippen molar-refractivity contribution in [3.63, 3.8) is 0 Å². The minimum Gasteiger partial charge on any atom is -0.379 e. The monoisotopic (exact) mass is 368 g/mol. The number of carbonyl (C=O) groups is 1. The lowest BCUT2D eigenvalue weighted by Crippen LogP contribution is -2.44. The van der Waals surface area contributed by atoms with E-state index in [-0.39, 0.29) is 17.9 Å². The van der Waals surface area contributed by atoms with E-state index >= 15 is 0 Å². The Morgan fingerprint density at radius 2 is 2.08 bits per heavy atom. The van der Waals surface area contributed by atoms with Gasteiger partial charge in [0.1, 0.15) is 0 Å². The van der Waals surface area contributed by atoms with Crippen molar-refractivity contribution in [2.75, 3.05) is 32.6 Å². The Hall–Kier alpha value is -1.44. The third-order valence-corrected chi connectivity index (χ3v) is 5.51. The van der Waals surface area contributed by atoms with E-state index in [1.165, 1.54) is 0 Å². The molecule has 0 saturated carbocycles. The molecular weight excluding hydrogens is 340 g/mol. The van der Waals surface area contributed by atoms with Crippen LogP contribution in [0.2, 0.25) is 0 Å². The molecule has 0 unspecified atom stereocenters. The molecule has 1 aromatic carbocycles. The zero-order chi connectivity index (χ0) is 18.4. The van der Waals surface area contributed by atoms with E-state index in [1.54, 1.807) is 0 Å². The van der Waals surface area contributed by atoms with Gasteiger partial charge in [-0.15, -0.1) is 0 Å². The molecule has 0 radical (unpaired) electrons. The van der Waals surface area contributed by atoms with Gasteiger partial charge in [-0.25, -0.2) is 13.1 Å². The number of sulfonamides is 1. The van der Waals surface area contributed by atoms with Crippen LogP contribution in [0.25, 0.3) is 0 Å². The van der Waals surface area contributed by atoms with Crippen molar-refractivity contribution >= 4 is 15.9 Å². The summed E-state index contributed by atoms with van der Waals surface area (Å²) in [7, 11) is -3.20. The van der Waals surface area contributed by atoms with Crippen LogP contribution >= 0.6 is 0 Å². The molecule has 1 heterocycles. The van der Waals surface area contributed by atoms with Crippen molar-refractivity contribution in [3.05, 3.63) is 35.4 Å². The van der Waals surface area contributed by atoms with Gasteiger partial charge in [-0.1, -0.05) is 24.3 Å². The topological polar surface area (TPSA) is 75.7 Å². The highest BCUT2D eigenvalue weighted by atomic mass is 32.2. The molecule has 1 N–H and O–H groups in total. The second-order valence-corrected chi connectivity index (χ2v) is 8.55. The lowest BCUT2D eigenvalue weighted by atomic mass is 9.96. The summed E-state index contributed by atoms with van der Waals surface area (Å²) in [5.74, 6) is 0.200. The Morgan fingerprint density at radius 3 is 2.76 bits per heavy atom. The summed E-state index contributed by atoms with van der Waals surface area (Å²) < 4.78 is 30.6. The van der Waals surface area contributed by atoms with Gasteiger partial charge in [0.2, 0.25) is 15.9 Å². The first-order valence-corrected chi connectivity index (χ1v) is 10.5. The van der Waals surface area contributed by atoms with Gasteiger partial charge in [0.15, 0.2) is 0 Å². The Bertz CT molecular complexity index is 690. The van der Waals surface area contributed by atoms with E-state index in [9.17, 15) is 13.2 Å². The lowest BCUT2D eigenvalue weighted by Gasteiger charge is -2.32. The van der Waals surface area contributed by atoms with Gasteiger partial charge in [0, 0.05) is 25.0 Å². The maximum absolute atomic E-state index is 12.8. The maximum atomic E-state index is 12.8. The highest BCUT2D eigenvalue weighted by molar-refractivity contribution is 7.88. The molecule has 0 aliphatic carbocycles. The molecule has 1 amide bonds. The van der Waals surface area contributed by atoms with E-state index in [4.69, 9.17) is 4.74 Å². The maximum Gasteiger partial charge on any atom is 0.227 e. The van der Waals surface area contributed by atoms with Gasteiger partial charge in [-0.2, -0.15) is 0 Å². The van der Waals surface area contributed by atoms with Crippen LogP contribution in [0.15, 0.2) is 24.3 Å². The predicted octanol–water partition coefficient (Wildman–Crippen LogP) is 1.34. The zero-order valence-electron chi connectivity index (χ0n) is 15.2. The molecule has 0 bridgehead atoms. The average Bonchev–Trinajstić information content (AvgIpc) is 2.71. The van der Waals surface area contributed by atoms with Crippen molar-refractivity contribution in [1.29, 1.82) is 0 Å². The Balaban J connectivity index is 2.01. The fraction of sp³-hybridized carbons (Fsp3) is 0.611.